The van der Waals surface area contributed by atoms with Crippen LogP contribution in [0.1, 0.15) is 55.9 Å². The molecule has 30 heavy (non-hydrogen) atoms. The average Bonchev–Trinajstić information content (AvgIpc) is 3.17. The van der Waals surface area contributed by atoms with Crippen LogP contribution in [0.2, 0.25) is 0 Å². The molecule has 1 aliphatic heterocycles. The Bertz CT molecular complexity index is 933. The molecule has 0 aromatic carbocycles. The molecular weight excluding hydrogens is 380 g/mol. The summed E-state index contributed by atoms with van der Waals surface area (Å²) in [6.45, 7) is 4.18. The highest BCUT2D eigenvalue weighted by atomic mass is 16.3. The molecule has 1 atom stereocenters. The van der Waals surface area contributed by atoms with Crippen molar-refractivity contribution in [3.63, 3.8) is 0 Å². The molecule has 0 radical (unpaired) electrons. The molecule has 2 amide bonds. The van der Waals surface area contributed by atoms with Crippen molar-refractivity contribution in [2.24, 2.45) is 17.3 Å². The van der Waals surface area contributed by atoms with Crippen molar-refractivity contribution in [3.05, 3.63) is 30.2 Å². The first-order chi connectivity index (χ1) is 14.3. The molecule has 2 aromatic heterocycles. The van der Waals surface area contributed by atoms with E-state index in [1.165, 1.54) is 0 Å². The van der Waals surface area contributed by atoms with Crippen LogP contribution in [0.3, 0.4) is 0 Å². The van der Waals surface area contributed by atoms with Gasteiger partial charge >= 0.3 is 0 Å². The minimum Gasteiger partial charge on any atom is -0.390 e. The van der Waals surface area contributed by atoms with Crippen LogP contribution in [0.4, 0.5) is 0 Å². The predicted octanol–water partition coefficient (Wildman–Crippen LogP) is 2.47. The van der Waals surface area contributed by atoms with Gasteiger partial charge in [0.05, 0.1) is 5.60 Å². The molecule has 2 aromatic rings. The SMILES string of the molecule is CC1(O)CC(CC(=O)N2CCC3(CC2)CC3CNC(=O)c2cc3cnccc3[nH]2)C1. The molecule has 0 bridgehead atoms. The molecule has 5 rings (SSSR count). The number of carbonyl (C=O) groups is 2. The number of hydrogen-bond acceptors (Lipinski definition) is 4. The van der Waals surface area contributed by atoms with E-state index < -0.39 is 5.60 Å². The second kappa shape index (κ2) is 7.08. The normalized spacial score (nSPS) is 29.6. The number of fused-ring (bicyclic) bond motifs is 1. The van der Waals surface area contributed by atoms with Crippen molar-refractivity contribution in [2.45, 2.75) is 51.0 Å². The highest BCUT2D eigenvalue weighted by molar-refractivity contribution is 5.97. The van der Waals surface area contributed by atoms with Gasteiger partial charge in [0.25, 0.3) is 5.91 Å². The van der Waals surface area contributed by atoms with Gasteiger partial charge in [-0.05, 0) is 68.4 Å². The van der Waals surface area contributed by atoms with E-state index in [4.69, 9.17) is 0 Å². The minimum absolute atomic E-state index is 0.0720. The third kappa shape index (κ3) is 3.71. The maximum Gasteiger partial charge on any atom is 0.267 e. The first-order valence-electron chi connectivity index (χ1n) is 11.0. The number of pyridine rings is 1. The van der Waals surface area contributed by atoms with Crippen LogP contribution in [-0.4, -0.2) is 57.0 Å². The summed E-state index contributed by atoms with van der Waals surface area (Å²) in [5, 5.41) is 13.9. The highest BCUT2D eigenvalue weighted by Gasteiger charge is 2.55. The Morgan fingerprint density at radius 3 is 2.77 bits per heavy atom. The fourth-order valence-electron chi connectivity index (χ4n) is 5.64. The van der Waals surface area contributed by atoms with E-state index in [0.717, 1.165) is 56.1 Å². The molecule has 1 saturated heterocycles. The van der Waals surface area contributed by atoms with E-state index >= 15 is 0 Å². The lowest BCUT2D eigenvalue weighted by Crippen LogP contribution is -2.45. The van der Waals surface area contributed by atoms with Gasteiger partial charge in [-0.3, -0.25) is 14.6 Å². The maximum atomic E-state index is 12.6. The second-order valence-corrected chi connectivity index (χ2v) is 9.98. The van der Waals surface area contributed by atoms with E-state index in [1.807, 2.05) is 24.0 Å². The zero-order chi connectivity index (χ0) is 20.9. The van der Waals surface area contributed by atoms with Crippen LogP contribution in [0.15, 0.2) is 24.5 Å². The van der Waals surface area contributed by atoms with Crippen LogP contribution in [0.25, 0.3) is 10.9 Å². The summed E-state index contributed by atoms with van der Waals surface area (Å²) in [5.41, 5.74) is 1.23. The monoisotopic (exact) mass is 410 g/mol. The number of hydrogen-bond donors (Lipinski definition) is 3. The minimum atomic E-state index is -0.563. The lowest BCUT2D eigenvalue weighted by molar-refractivity contribution is -0.137. The Kier molecular flexibility index (Phi) is 4.61. The number of aliphatic hydroxyl groups is 1. The van der Waals surface area contributed by atoms with Crippen LogP contribution in [-0.2, 0) is 4.79 Å². The molecule has 3 aliphatic rings. The van der Waals surface area contributed by atoms with Crippen LogP contribution in [0, 0.1) is 17.3 Å². The molecule has 3 N–H and O–H groups in total. The summed E-state index contributed by atoms with van der Waals surface area (Å²) in [6.07, 6.45) is 8.71. The van der Waals surface area contributed by atoms with Crippen molar-refractivity contribution < 1.29 is 14.7 Å². The summed E-state index contributed by atoms with van der Waals surface area (Å²) in [4.78, 5) is 34.3. The van der Waals surface area contributed by atoms with Gasteiger partial charge in [0.2, 0.25) is 5.91 Å². The summed E-state index contributed by atoms with van der Waals surface area (Å²) in [6, 6.07) is 3.70. The van der Waals surface area contributed by atoms with Gasteiger partial charge in [0.1, 0.15) is 5.69 Å². The molecule has 160 valence electrons. The molecule has 1 spiro atoms. The summed E-state index contributed by atoms with van der Waals surface area (Å²) in [5.74, 6) is 1.01. The lowest BCUT2D eigenvalue weighted by atomic mass is 9.70. The molecule has 2 aliphatic carbocycles. The number of piperidine rings is 1. The molecule has 1 unspecified atom stereocenters. The third-order valence-corrected chi connectivity index (χ3v) is 7.57. The number of rotatable bonds is 5. The number of aromatic nitrogens is 2. The molecule has 3 fully saturated rings. The second-order valence-electron chi connectivity index (χ2n) is 9.98. The van der Waals surface area contributed by atoms with E-state index in [0.29, 0.717) is 35.9 Å². The number of likely N-dealkylation sites (tertiary alicyclic amines) is 1. The smallest absolute Gasteiger partial charge is 0.267 e. The number of nitrogens with zero attached hydrogens (tertiary/aromatic N) is 2. The van der Waals surface area contributed by atoms with Gasteiger partial charge in [0.15, 0.2) is 0 Å². The molecule has 2 saturated carbocycles. The zero-order valence-corrected chi connectivity index (χ0v) is 17.5. The Balaban J connectivity index is 1.07. The van der Waals surface area contributed by atoms with Crippen molar-refractivity contribution in [2.75, 3.05) is 19.6 Å². The molecule has 7 nitrogen and oxygen atoms in total. The fourth-order valence-corrected chi connectivity index (χ4v) is 5.64. The van der Waals surface area contributed by atoms with Gasteiger partial charge < -0.3 is 20.3 Å². The average molecular weight is 411 g/mol. The van der Waals surface area contributed by atoms with Gasteiger partial charge in [-0.25, -0.2) is 0 Å². The molecule has 7 heteroatoms. The largest absolute Gasteiger partial charge is 0.390 e. The Labute approximate surface area is 176 Å². The molecule has 3 heterocycles. The zero-order valence-electron chi connectivity index (χ0n) is 17.5. The summed E-state index contributed by atoms with van der Waals surface area (Å²) < 4.78 is 0. The quantitative estimate of drug-likeness (QED) is 0.705. The van der Waals surface area contributed by atoms with E-state index in [-0.39, 0.29) is 11.8 Å². The van der Waals surface area contributed by atoms with Gasteiger partial charge in [-0.2, -0.15) is 0 Å². The molecular formula is C23H30N4O3. The number of nitrogens with one attached hydrogen (secondary N) is 2. The summed E-state index contributed by atoms with van der Waals surface area (Å²) in [7, 11) is 0. The van der Waals surface area contributed by atoms with Crippen molar-refractivity contribution >= 4 is 22.7 Å². The third-order valence-electron chi connectivity index (χ3n) is 7.57. The maximum absolute atomic E-state index is 12.6. The summed E-state index contributed by atoms with van der Waals surface area (Å²) >= 11 is 0. The van der Waals surface area contributed by atoms with E-state index in [9.17, 15) is 14.7 Å². The number of amides is 2. The van der Waals surface area contributed by atoms with Gasteiger partial charge in [-0.15, -0.1) is 0 Å². The topological polar surface area (TPSA) is 98.3 Å². The van der Waals surface area contributed by atoms with E-state index in [2.05, 4.69) is 15.3 Å². The first-order valence-corrected chi connectivity index (χ1v) is 11.0. The van der Waals surface area contributed by atoms with Crippen LogP contribution >= 0.6 is 0 Å². The van der Waals surface area contributed by atoms with E-state index in [1.54, 1.807) is 12.4 Å². The Hall–Kier alpha value is -2.41. The van der Waals surface area contributed by atoms with Crippen molar-refractivity contribution in [1.29, 1.82) is 0 Å². The van der Waals surface area contributed by atoms with Crippen LogP contribution < -0.4 is 5.32 Å². The van der Waals surface area contributed by atoms with Crippen molar-refractivity contribution in [1.82, 2.24) is 20.2 Å². The Morgan fingerprint density at radius 2 is 2.07 bits per heavy atom. The number of aromatic amines is 1. The van der Waals surface area contributed by atoms with Gasteiger partial charge in [0, 0.05) is 49.4 Å². The van der Waals surface area contributed by atoms with Crippen molar-refractivity contribution in [3.8, 4) is 0 Å². The fraction of sp³-hybridized carbons (Fsp3) is 0.609. The standard InChI is InChI=1S/C23H30N4O3/c1-22(30)10-15(11-22)8-20(28)27-6-3-23(4-7-27)12-17(23)14-25-21(29)19-9-16-13-24-5-2-18(16)26-19/h2,5,9,13,15,17,26,30H,3-4,6-8,10-12,14H2,1H3,(H,25,29). The van der Waals surface area contributed by atoms with Crippen LogP contribution in [0.5, 0.6) is 0 Å². The van der Waals surface area contributed by atoms with Gasteiger partial charge in [-0.1, -0.05) is 0 Å². The predicted molar refractivity (Wildman–Crippen MR) is 113 cm³/mol. The highest BCUT2D eigenvalue weighted by Crippen LogP contribution is 2.59. The number of H-pyrrole nitrogens is 1. The Morgan fingerprint density at radius 1 is 1.30 bits per heavy atom. The lowest BCUT2D eigenvalue weighted by Gasteiger charge is -2.42. The number of carbonyl (C=O) groups excluding carboxylic acids is 2. The first kappa shape index (κ1) is 19.5.